The molecule has 0 fully saturated rings. The van der Waals surface area contributed by atoms with E-state index in [1.807, 2.05) is 30.3 Å². The molecule has 0 bridgehead atoms. The third kappa shape index (κ3) is 4.62. The first-order valence-corrected chi connectivity index (χ1v) is 10.5. The Labute approximate surface area is 190 Å². The maximum atomic E-state index is 13.2. The average Bonchev–Trinajstić information content (AvgIpc) is 2.99. The van der Waals surface area contributed by atoms with Gasteiger partial charge in [0.15, 0.2) is 5.15 Å². The van der Waals surface area contributed by atoms with Gasteiger partial charge >= 0.3 is 11.9 Å². The molecule has 3 rings (SSSR count). The van der Waals surface area contributed by atoms with Crippen molar-refractivity contribution in [1.29, 1.82) is 0 Å². The van der Waals surface area contributed by atoms with Gasteiger partial charge in [0.1, 0.15) is 17.6 Å². The van der Waals surface area contributed by atoms with Gasteiger partial charge in [-0.05, 0) is 26.3 Å². The average molecular weight is 464 g/mol. The van der Waals surface area contributed by atoms with E-state index in [4.69, 9.17) is 32.7 Å². The Hall–Kier alpha value is -2.77. The monoisotopic (exact) mass is 463 g/mol. The SMILES string of the molecule is CCOC(=O)C1=C(C)NC(C)=C(C(=O)OCc2ccccc2)C1c1nc(Cl)c(Cl)n1C. The van der Waals surface area contributed by atoms with Gasteiger partial charge < -0.3 is 19.4 Å². The van der Waals surface area contributed by atoms with Crippen molar-refractivity contribution in [3.8, 4) is 0 Å². The molecule has 0 saturated heterocycles. The molecule has 1 aliphatic heterocycles. The summed E-state index contributed by atoms with van der Waals surface area (Å²) in [7, 11) is 1.67. The van der Waals surface area contributed by atoms with Gasteiger partial charge in [-0.3, -0.25) is 0 Å². The largest absolute Gasteiger partial charge is 0.463 e. The van der Waals surface area contributed by atoms with Crippen LogP contribution in [0.15, 0.2) is 52.9 Å². The summed E-state index contributed by atoms with van der Waals surface area (Å²) in [6, 6.07) is 9.32. The number of ether oxygens (including phenoxy) is 2. The maximum Gasteiger partial charge on any atom is 0.337 e. The van der Waals surface area contributed by atoms with Gasteiger partial charge in [-0.2, -0.15) is 0 Å². The summed E-state index contributed by atoms with van der Waals surface area (Å²) in [5.41, 5.74) is 2.43. The Morgan fingerprint density at radius 1 is 1.06 bits per heavy atom. The van der Waals surface area contributed by atoms with Crippen molar-refractivity contribution >= 4 is 35.1 Å². The topological polar surface area (TPSA) is 82.4 Å². The maximum absolute atomic E-state index is 13.2. The third-order valence-corrected chi connectivity index (χ3v) is 5.76. The molecule has 2 heterocycles. The number of nitrogens with one attached hydrogen (secondary N) is 1. The lowest BCUT2D eigenvalue weighted by Gasteiger charge is -2.29. The zero-order valence-electron chi connectivity index (χ0n) is 17.7. The van der Waals surface area contributed by atoms with Crippen LogP contribution in [0.3, 0.4) is 0 Å². The number of allylic oxidation sites excluding steroid dienone is 2. The highest BCUT2D eigenvalue weighted by Crippen LogP contribution is 2.40. The first-order valence-electron chi connectivity index (χ1n) is 9.70. The van der Waals surface area contributed by atoms with Crippen LogP contribution in [-0.2, 0) is 32.7 Å². The second-order valence-electron chi connectivity index (χ2n) is 7.03. The van der Waals surface area contributed by atoms with E-state index < -0.39 is 17.9 Å². The number of rotatable bonds is 6. The van der Waals surface area contributed by atoms with E-state index in [2.05, 4.69) is 10.3 Å². The fourth-order valence-electron chi connectivity index (χ4n) is 3.52. The lowest BCUT2D eigenvalue weighted by Crippen LogP contribution is -2.33. The van der Waals surface area contributed by atoms with Crippen LogP contribution in [0.2, 0.25) is 10.3 Å². The quantitative estimate of drug-likeness (QED) is 0.644. The van der Waals surface area contributed by atoms with Crippen LogP contribution in [0.4, 0.5) is 0 Å². The number of imidazole rings is 1. The van der Waals surface area contributed by atoms with Crippen molar-refractivity contribution in [1.82, 2.24) is 14.9 Å². The lowest BCUT2D eigenvalue weighted by molar-refractivity contribution is -0.141. The molecule has 0 saturated carbocycles. The van der Waals surface area contributed by atoms with Crippen LogP contribution in [0.1, 0.15) is 38.1 Å². The number of dihydropyridines is 1. The summed E-state index contributed by atoms with van der Waals surface area (Å²) < 4.78 is 12.4. The number of esters is 2. The first kappa shape index (κ1) is 22.9. The summed E-state index contributed by atoms with van der Waals surface area (Å²) >= 11 is 12.4. The van der Waals surface area contributed by atoms with Gasteiger partial charge in [0.25, 0.3) is 0 Å². The molecule has 164 valence electrons. The van der Waals surface area contributed by atoms with Crippen LogP contribution in [0, 0.1) is 0 Å². The Morgan fingerprint density at radius 2 is 1.65 bits per heavy atom. The molecule has 0 aliphatic carbocycles. The molecule has 0 amide bonds. The molecule has 7 nitrogen and oxygen atoms in total. The number of aromatic nitrogens is 2. The Balaban J connectivity index is 2.06. The van der Waals surface area contributed by atoms with Gasteiger partial charge in [0.05, 0.1) is 23.7 Å². The second-order valence-corrected chi connectivity index (χ2v) is 7.74. The summed E-state index contributed by atoms with van der Waals surface area (Å²) in [6.45, 7) is 5.46. The summed E-state index contributed by atoms with van der Waals surface area (Å²) in [4.78, 5) is 30.4. The number of benzene rings is 1. The highest BCUT2D eigenvalue weighted by atomic mass is 35.5. The van der Waals surface area contributed by atoms with E-state index in [-0.39, 0.29) is 34.7 Å². The van der Waals surface area contributed by atoms with E-state index in [0.29, 0.717) is 17.2 Å². The van der Waals surface area contributed by atoms with Crippen LogP contribution in [-0.4, -0.2) is 28.1 Å². The van der Waals surface area contributed by atoms with E-state index in [0.717, 1.165) is 5.56 Å². The second kappa shape index (κ2) is 9.58. The summed E-state index contributed by atoms with van der Waals surface area (Å²) in [6.07, 6.45) is 0. The van der Waals surface area contributed by atoms with Crippen molar-refractivity contribution in [2.45, 2.75) is 33.3 Å². The van der Waals surface area contributed by atoms with Crippen molar-refractivity contribution in [3.05, 3.63) is 74.6 Å². The zero-order chi connectivity index (χ0) is 22.7. The molecule has 2 aromatic rings. The van der Waals surface area contributed by atoms with Crippen LogP contribution < -0.4 is 5.32 Å². The van der Waals surface area contributed by atoms with Gasteiger partial charge in [0.2, 0.25) is 0 Å². The lowest BCUT2D eigenvalue weighted by atomic mass is 9.84. The minimum atomic E-state index is -0.862. The van der Waals surface area contributed by atoms with Crippen LogP contribution >= 0.6 is 23.2 Å². The van der Waals surface area contributed by atoms with Gasteiger partial charge in [-0.25, -0.2) is 14.6 Å². The van der Waals surface area contributed by atoms with Crippen molar-refractivity contribution in [2.75, 3.05) is 6.61 Å². The van der Waals surface area contributed by atoms with Crippen molar-refractivity contribution in [3.63, 3.8) is 0 Å². The highest BCUT2D eigenvalue weighted by Gasteiger charge is 2.41. The molecular weight excluding hydrogens is 441 g/mol. The molecule has 0 radical (unpaired) electrons. The number of carbonyl (C=O) groups excluding carboxylic acids is 2. The summed E-state index contributed by atoms with van der Waals surface area (Å²) in [5, 5.41) is 3.37. The Bertz CT molecular complexity index is 1070. The number of hydrogen-bond donors (Lipinski definition) is 1. The Kier molecular flexibility index (Phi) is 7.08. The van der Waals surface area contributed by atoms with E-state index in [1.54, 1.807) is 32.4 Å². The van der Waals surface area contributed by atoms with Crippen LogP contribution in [0.5, 0.6) is 0 Å². The number of nitrogens with zero attached hydrogens (tertiary/aromatic N) is 2. The fourth-order valence-corrected chi connectivity index (χ4v) is 3.86. The molecule has 1 N–H and O–H groups in total. The van der Waals surface area contributed by atoms with Gasteiger partial charge in [-0.1, -0.05) is 53.5 Å². The number of halogens is 2. The Morgan fingerprint density at radius 3 is 2.16 bits per heavy atom. The molecule has 0 spiro atoms. The van der Waals surface area contributed by atoms with Crippen molar-refractivity contribution < 1.29 is 19.1 Å². The molecule has 1 aromatic heterocycles. The van der Waals surface area contributed by atoms with Crippen molar-refractivity contribution in [2.24, 2.45) is 7.05 Å². The van der Waals surface area contributed by atoms with Crippen LogP contribution in [0.25, 0.3) is 0 Å². The molecule has 9 heteroatoms. The molecule has 1 aromatic carbocycles. The highest BCUT2D eigenvalue weighted by molar-refractivity contribution is 6.40. The standard InChI is InChI=1S/C22H23Cl2N3O4/c1-5-30-21(28)15-12(2)25-13(3)16(17(15)20-26-18(23)19(24)27(20)4)22(29)31-11-14-9-7-6-8-10-14/h6-10,17,25H,5,11H2,1-4H3. The van der Waals surface area contributed by atoms with E-state index >= 15 is 0 Å². The number of carbonyl (C=O) groups is 2. The molecule has 31 heavy (non-hydrogen) atoms. The first-order chi connectivity index (χ1) is 14.8. The zero-order valence-corrected chi connectivity index (χ0v) is 19.2. The fraction of sp³-hybridized carbons (Fsp3) is 0.318. The molecule has 1 aliphatic rings. The third-order valence-electron chi connectivity index (χ3n) is 4.97. The molecular formula is C22H23Cl2N3O4. The molecule has 1 atom stereocenters. The smallest absolute Gasteiger partial charge is 0.337 e. The van der Waals surface area contributed by atoms with Gasteiger partial charge in [0, 0.05) is 18.4 Å². The number of hydrogen-bond acceptors (Lipinski definition) is 6. The van der Waals surface area contributed by atoms with E-state index in [1.165, 1.54) is 0 Å². The minimum absolute atomic E-state index is 0.0771. The van der Waals surface area contributed by atoms with E-state index in [9.17, 15) is 9.59 Å². The normalized spacial score (nSPS) is 16.3. The predicted molar refractivity (Wildman–Crippen MR) is 117 cm³/mol. The predicted octanol–water partition coefficient (Wildman–Crippen LogP) is 4.27. The summed E-state index contributed by atoms with van der Waals surface area (Å²) in [5.74, 6) is -1.67. The van der Waals surface area contributed by atoms with Gasteiger partial charge in [-0.15, -0.1) is 0 Å². The minimum Gasteiger partial charge on any atom is -0.463 e. The molecule has 1 unspecified atom stereocenters.